The topological polar surface area (TPSA) is 78.6 Å². The summed E-state index contributed by atoms with van der Waals surface area (Å²) in [5.74, 6) is 1.65. The minimum atomic E-state index is -2.88. The number of aryl methyl sites for hydroxylation is 3. The number of ether oxygens (including phenoxy) is 1. The number of rotatable bonds is 5. The van der Waals surface area contributed by atoms with Gasteiger partial charge in [0.25, 0.3) is 6.43 Å². The molecule has 4 heterocycles. The van der Waals surface area contributed by atoms with E-state index in [1.165, 1.54) is 18.3 Å². The molecule has 5 rings (SSSR count). The van der Waals surface area contributed by atoms with Crippen molar-refractivity contribution in [3.8, 4) is 46.5 Å². The van der Waals surface area contributed by atoms with Gasteiger partial charge in [0.05, 0.1) is 11.1 Å². The van der Waals surface area contributed by atoms with Gasteiger partial charge in [0, 0.05) is 36.3 Å². The Labute approximate surface area is 210 Å². The molecule has 0 bridgehead atoms. The molecule has 0 saturated carbocycles. The molecule has 0 fully saturated rings. The number of hydrogen-bond acceptors (Lipinski definition) is 6. The minimum absolute atomic E-state index is 0.0128. The first-order chi connectivity index (χ1) is 17.8. The summed E-state index contributed by atoms with van der Waals surface area (Å²) in [4.78, 5) is 20.5. The van der Waals surface area contributed by atoms with E-state index in [1.807, 2.05) is 6.92 Å². The van der Waals surface area contributed by atoms with Gasteiger partial charge in [-0.25, -0.2) is 38.1 Å². The predicted molar refractivity (Wildman–Crippen MR) is 132 cm³/mol. The summed E-state index contributed by atoms with van der Waals surface area (Å²) in [7, 11) is 1.70. The molecule has 4 aromatic heterocycles. The van der Waals surface area contributed by atoms with E-state index >= 15 is 4.39 Å². The molecule has 37 heavy (non-hydrogen) atoms. The molecule has 0 unspecified atom stereocenters. The van der Waals surface area contributed by atoms with Crippen LogP contribution in [0.5, 0.6) is 11.8 Å². The number of nitrogens with zero attached hydrogens (tertiary/aromatic N) is 6. The van der Waals surface area contributed by atoms with Crippen LogP contribution < -0.4 is 4.74 Å². The first-order valence-corrected chi connectivity index (χ1v) is 11.1. The fourth-order valence-corrected chi connectivity index (χ4v) is 4.23. The average molecular weight is 500 g/mol. The van der Waals surface area contributed by atoms with E-state index in [9.17, 15) is 8.78 Å². The van der Waals surface area contributed by atoms with Crippen molar-refractivity contribution in [1.29, 1.82) is 0 Å². The summed E-state index contributed by atoms with van der Waals surface area (Å²) >= 11 is 0. The van der Waals surface area contributed by atoms with Gasteiger partial charge >= 0.3 is 6.01 Å². The van der Waals surface area contributed by atoms with Crippen LogP contribution in [0.2, 0.25) is 0 Å². The number of aromatic nitrogens is 6. The van der Waals surface area contributed by atoms with Crippen LogP contribution in [0.4, 0.5) is 13.2 Å². The van der Waals surface area contributed by atoms with Crippen molar-refractivity contribution in [3.05, 3.63) is 77.5 Å². The molecule has 7 nitrogen and oxygen atoms in total. The van der Waals surface area contributed by atoms with E-state index in [4.69, 9.17) is 11.2 Å². The highest BCUT2D eigenvalue weighted by molar-refractivity contribution is 6.04. The number of hydrogen-bond donors (Lipinski definition) is 0. The van der Waals surface area contributed by atoms with Gasteiger partial charge in [0.1, 0.15) is 23.4 Å². The molecule has 10 heteroatoms. The Bertz CT molecular complexity index is 1710. The van der Waals surface area contributed by atoms with Crippen LogP contribution in [0.25, 0.3) is 33.4 Å². The fraction of sp³-hybridized carbons (Fsp3) is 0.148. The summed E-state index contributed by atoms with van der Waals surface area (Å²) in [6.45, 7) is 3.59. The Kier molecular flexibility index (Phi) is 6.05. The third-order valence-corrected chi connectivity index (χ3v) is 5.91. The van der Waals surface area contributed by atoms with Crippen LogP contribution >= 0.6 is 0 Å². The summed E-state index contributed by atoms with van der Waals surface area (Å²) in [5.41, 5.74) is 3.47. The smallest absolute Gasteiger partial charge is 0.322 e. The molecule has 5 aromatic rings. The lowest BCUT2D eigenvalue weighted by Gasteiger charge is -2.13. The van der Waals surface area contributed by atoms with Gasteiger partial charge in [-0.05, 0) is 49.2 Å². The van der Waals surface area contributed by atoms with Crippen molar-refractivity contribution in [2.24, 2.45) is 7.05 Å². The Balaban J connectivity index is 1.75. The second-order valence-electron chi connectivity index (χ2n) is 8.30. The molecule has 0 atom stereocenters. The molecular formula is C27H19F3N6O. The van der Waals surface area contributed by atoms with Crippen LogP contribution in [0.15, 0.2) is 49.1 Å². The van der Waals surface area contributed by atoms with E-state index < -0.39 is 17.9 Å². The first kappa shape index (κ1) is 23.9. The minimum Gasteiger partial charge on any atom is -0.421 e. The van der Waals surface area contributed by atoms with E-state index in [2.05, 4.69) is 30.8 Å². The normalized spacial score (nSPS) is 11.2. The number of pyridine rings is 1. The Morgan fingerprint density at radius 2 is 1.86 bits per heavy atom. The Morgan fingerprint density at radius 1 is 1.05 bits per heavy atom. The molecule has 184 valence electrons. The van der Waals surface area contributed by atoms with E-state index in [0.717, 1.165) is 11.9 Å². The highest BCUT2D eigenvalue weighted by Crippen LogP contribution is 2.44. The second kappa shape index (κ2) is 9.35. The molecule has 0 saturated heterocycles. The molecule has 0 amide bonds. The van der Waals surface area contributed by atoms with Crippen molar-refractivity contribution in [2.75, 3.05) is 0 Å². The van der Waals surface area contributed by atoms with E-state index in [1.54, 1.807) is 42.9 Å². The molecule has 0 aliphatic carbocycles. The van der Waals surface area contributed by atoms with Crippen LogP contribution in [-0.2, 0) is 7.05 Å². The van der Waals surface area contributed by atoms with E-state index in [0.29, 0.717) is 33.8 Å². The van der Waals surface area contributed by atoms with Crippen molar-refractivity contribution >= 4 is 11.0 Å². The zero-order chi connectivity index (χ0) is 26.3. The zero-order valence-electron chi connectivity index (χ0n) is 20.0. The van der Waals surface area contributed by atoms with Gasteiger partial charge in [-0.15, -0.1) is 6.42 Å². The van der Waals surface area contributed by atoms with Gasteiger partial charge in [-0.3, -0.25) is 0 Å². The summed E-state index contributed by atoms with van der Waals surface area (Å²) in [5, 5.41) is 0.116. The summed E-state index contributed by atoms with van der Waals surface area (Å²) < 4.78 is 50.7. The first-order valence-electron chi connectivity index (χ1n) is 11.1. The van der Waals surface area contributed by atoms with Gasteiger partial charge in [0.15, 0.2) is 11.6 Å². The number of alkyl halides is 2. The third kappa shape index (κ3) is 4.25. The van der Waals surface area contributed by atoms with Crippen LogP contribution in [0, 0.1) is 32.0 Å². The molecule has 1 aromatic carbocycles. The van der Waals surface area contributed by atoms with Gasteiger partial charge in [-0.1, -0.05) is 12.0 Å². The maximum absolute atomic E-state index is 15.3. The molecule has 0 aliphatic rings. The molecular weight excluding hydrogens is 481 g/mol. The zero-order valence-corrected chi connectivity index (χ0v) is 20.0. The van der Waals surface area contributed by atoms with Crippen molar-refractivity contribution in [1.82, 2.24) is 29.5 Å². The predicted octanol–water partition coefficient (Wildman–Crippen LogP) is 5.95. The van der Waals surface area contributed by atoms with Gasteiger partial charge in [0.2, 0.25) is 0 Å². The quantitative estimate of drug-likeness (QED) is 0.277. The highest BCUT2D eigenvalue weighted by atomic mass is 19.3. The van der Waals surface area contributed by atoms with E-state index in [-0.39, 0.29) is 22.8 Å². The Morgan fingerprint density at radius 3 is 2.54 bits per heavy atom. The lowest BCUT2D eigenvalue weighted by Crippen LogP contribution is -1.98. The van der Waals surface area contributed by atoms with Crippen molar-refractivity contribution in [2.45, 2.75) is 20.3 Å². The number of halogens is 3. The SMILES string of the molecule is C#Cc1cc(C)c(-c2c(-c3ccc(Oc4nccc(C)n4)c(F)c3)c3c(C(F)F)ncnc3n2C)cn1. The second-order valence-corrected chi connectivity index (χ2v) is 8.30. The van der Waals surface area contributed by atoms with Crippen LogP contribution in [0.1, 0.15) is 29.1 Å². The molecule has 0 N–H and O–H groups in total. The maximum Gasteiger partial charge on any atom is 0.322 e. The number of terminal acetylenes is 1. The Hall–Kier alpha value is -4.78. The highest BCUT2D eigenvalue weighted by Gasteiger charge is 2.27. The monoisotopic (exact) mass is 500 g/mol. The largest absolute Gasteiger partial charge is 0.421 e. The third-order valence-electron chi connectivity index (χ3n) is 5.91. The van der Waals surface area contributed by atoms with Crippen molar-refractivity contribution < 1.29 is 17.9 Å². The number of benzene rings is 1. The lowest BCUT2D eigenvalue weighted by atomic mass is 9.96. The summed E-state index contributed by atoms with van der Waals surface area (Å²) in [6.07, 6.45) is 6.76. The van der Waals surface area contributed by atoms with Crippen LogP contribution in [0.3, 0.4) is 0 Å². The van der Waals surface area contributed by atoms with Crippen molar-refractivity contribution in [3.63, 3.8) is 0 Å². The molecule has 0 aliphatic heterocycles. The molecule has 0 radical (unpaired) electrons. The summed E-state index contributed by atoms with van der Waals surface area (Å²) in [6, 6.07) is 7.58. The fourth-order valence-electron chi connectivity index (χ4n) is 4.23. The lowest BCUT2D eigenvalue weighted by molar-refractivity contribution is 0.148. The standard InChI is InChI=1S/C27H19F3N6O/c1-5-17-10-14(2)18(12-32-17)24-21(22-23(25(29)30)33-13-34-26(22)36(24)4)16-6-7-20(19(28)11-16)37-27-31-9-8-15(3)35-27/h1,6-13,25H,2-4H3. The molecule has 0 spiro atoms. The average Bonchev–Trinajstić information content (AvgIpc) is 3.17. The number of fused-ring (bicyclic) bond motifs is 1. The van der Waals surface area contributed by atoms with Crippen LogP contribution in [-0.4, -0.2) is 29.5 Å². The maximum atomic E-state index is 15.3. The van der Waals surface area contributed by atoms with Gasteiger partial charge < -0.3 is 9.30 Å². The van der Waals surface area contributed by atoms with Gasteiger partial charge in [-0.2, -0.15) is 0 Å².